The van der Waals surface area contributed by atoms with E-state index in [1.54, 1.807) is 6.92 Å². The van der Waals surface area contributed by atoms with Crippen molar-refractivity contribution in [3.05, 3.63) is 17.5 Å². The van der Waals surface area contributed by atoms with Gasteiger partial charge in [-0.1, -0.05) is 0 Å². The molecule has 6 nitrogen and oxygen atoms in total. The van der Waals surface area contributed by atoms with E-state index in [-0.39, 0.29) is 24.1 Å². The third-order valence-corrected chi connectivity index (χ3v) is 2.97. The van der Waals surface area contributed by atoms with Gasteiger partial charge in [0.1, 0.15) is 0 Å². The van der Waals surface area contributed by atoms with Gasteiger partial charge >= 0.3 is 12.4 Å². The predicted octanol–water partition coefficient (Wildman–Crippen LogP) is 3.21. The van der Waals surface area contributed by atoms with Gasteiger partial charge in [-0.15, -0.1) is 5.10 Å². The van der Waals surface area contributed by atoms with Gasteiger partial charge < -0.3 is 9.47 Å². The minimum absolute atomic E-state index is 0.0856. The monoisotopic (exact) mass is 372 g/mol. The topological polar surface area (TPSA) is 65.0 Å². The molecule has 0 unspecified atom stereocenters. The number of aromatic nitrogens is 4. The van der Waals surface area contributed by atoms with Gasteiger partial charge in [0, 0.05) is 6.07 Å². The quantitative estimate of drug-likeness (QED) is 0.791. The van der Waals surface area contributed by atoms with Crippen LogP contribution in [0.5, 0.6) is 11.8 Å². The van der Waals surface area contributed by atoms with Crippen LogP contribution in [0.15, 0.2) is 6.07 Å². The molecule has 2 aromatic heterocycles. The first-order valence-electron chi connectivity index (χ1n) is 7.01. The van der Waals surface area contributed by atoms with E-state index in [1.165, 1.54) is 0 Å². The lowest BCUT2D eigenvalue weighted by Crippen LogP contribution is -2.15. The van der Waals surface area contributed by atoms with E-state index in [0.29, 0.717) is 0 Å². The van der Waals surface area contributed by atoms with Crippen LogP contribution in [0.4, 0.5) is 26.3 Å². The summed E-state index contributed by atoms with van der Waals surface area (Å²) >= 11 is 0. The maximum absolute atomic E-state index is 12.7. The Morgan fingerprint density at radius 2 is 1.76 bits per heavy atom. The van der Waals surface area contributed by atoms with Gasteiger partial charge in [0.25, 0.3) is 5.88 Å². The lowest BCUT2D eigenvalue weighted by Gasteiger charge is -2.10. The fourth-order valence-corrected chi connectivity index (χ4v) is 2.14. The van der Waals surface area contributed by atoms with Crippen LogP contribution >= 0.6 is 0 Å². The molecule has 0 saturated heterocycles. The van der Waals surface area contributed by atoms with Gasteiger partial charge in [0.15, 0.2) is 5.69 Å². The van der Waals surface area contributed by atoms with Crippen LogP contribution in [0.2, 0.25) is 0 Å². The summed E-state index contributed by atoms with van der Waals surface area (Å²) in [4.78, 5) is 0. The molecule has 2 heterocycles. The molecule has 2 aromatic rings. The summed E-state index contributed by atoms with van der Waals surface area (Å²) in [6.07, 6.45) is -11.8. The van der Waals surface area contributed by atoms with Crippen molar-refractivity contribution >= 4 is 0 Å². The molecule has 0 spiro atoms. The average molecular weight is 372 g/mol. The molecule has 12 heteroatoms. The average Bonchev–Trinajstić information content (AvgIpc) is 2.99. The number of nitrogens with zero attached hydrogens (tertiary/aromatic N) is 3. The van der Waals surface area contributed by atoms with Gasteiger partial charge in [-0.25, -0.2) is 0 Å². The van der Waals surface area contributed by atoms with Crippen LogP contribution in [0, 0.1) is 0 Å². The van der Waals surface area contributed by atoms with E-state index < -0.39 is 36.6 Å². The number of ether oxygens (including phenoxy) is 2. The number of hydrogen-bond acceptors (Lipinski definition) is 4. The van der Waals surface area contributed by atoms with Crippen LogP contribution in [0.3, 0.4) is 0 Å². The van der Waals surface area contributed by atoms with Crippen molar-refractivity contribution in [3.8, 4) is 17.4 Å². The van der Waals surface area contributed by atoms with E-state index in [0.717, 1.165) is 17.9 Å². The normalized spacial score (nSPS) is 12.5. The van der Waals surface area contributed by atoms with Crippen molar-refractivity contribution in [3.63, 3.8) is 0 Å². The number of H-pyrrole nitrogens is 1. The zero-order valence-corrected chi connectivity index (χ0v) is 13.1. The third-order valence-electron chi connectivity index (χ3n) is 2.97. The Hall–Kier alpha value is -2.40. The molecule has 0 amide bonds. The Bertz CT molecular complexity index is 719. The molecule has 1 N–H and O–H groups in total. The van der Waals surface area contributed by atoms with Crippen molar-refractivity contribution < 1.29 is 35.8 Å². The molecule has 0 radical (unpaired) electrons. The number of alkyl halides is 6. The summed E-state index contributed by atoms with van der Waals surface area (Å²) in [5.74, 6) is -0.397. The highest BCUT2D eigenvalue weighted by molar-refractivity contribution is 5.48. The van der Waals surface area contributed by atoms with Crippen LogP contribution in [-0.2, 0) is 12.8 Å². The zero-order chi connectivity index (χ0) is 18.8. The first kappa shape index (κ1) is 18.9. The maximum atomic E-state index is 12.7. The van der Waals surface area contributed by atoms with E-state index in [1.807, 2.05) is 0 Å². The Morgan fingerprint density at radius 1 is 1.12 bits per heavy atom. The van der Waals surface area contributed by atoms with Crippen molar-refractivity contribution in [1.82, 2.24) is 20.0 Å². The Labute approximate surface area is 137 Å². The van der Waals surface area contributed by atoms with Crippen molar-refractivity contribution in [1.29, 1.82) is 0 Å². The maximum Gasteiger partial charge on any atom is 0.394 e. The first-order chi connectivity index (χ1) is 11.5. The second-order valence-electron chi connectivity index (χ2n) is 4.96. The highest BCUT2D eigenvalue weighted by atomic mass is 19.4. The van der Waals surface area contributed by atoms with Crippen molar-refractivity contribution in [2.24, 2.45) is 0 Å². The van der Waals surface area contributed by atoms with Gasteiger partial charge in [0.2, 0.25) is 5.88 Å². The fourth-order valence-electron chi connectivity index (χ4n) is 2.14. The molecule has 0 saturated carbocycles. The molecule has 0 aliphatic heterocycles. The Kier molecular flexibility index (Phi) is 5.18. The molecule has 0 aromatic carbocycles. The number of halogens is 6. The lowest BCUT2D eigenvalue weighted by atomic mass is 10.2. The predicted molar refractivity (Wildman–Crippen MR) is 72.9 cm³/mol. The van der Waals surface area contributed by atoms with Gasteiger partial charge in [-0.2, -0.15) is 36.1 Å². The zero-order valence-electron chi connectivity index (χ0n) is 13.1. The SMILES string of the molecule is CCOc1n[nH]c(CC(F)(F)F)c1-n1nc(CC(F)(F)F)cc1OC. The summed E-state index contributed by atoms with van der Waals surface area (Å²) in [7, 11) is 1.16. The number of rotatable bonds is 6. The summed E-state index contributed by atoms with van der Waals surface area (Å²) in [5.41, 5.74) is -1.06. The van der Waals surface area contributed by atoms with E-state index >= 15 is 0 Å². The number of hydrogen-bond donors (Lipinski definition) is 1. The van der Waals surface area contributed by atoms with E-state index in [4.69, 9.17) is 9.47 Å². The highest BCUT2D eigenvalue weighted by Gasteiger charge is 2.34. The smallest absolute Gasteiger partial charge is 0.394 e. The molecule has 0 aliphatic carbocycles. The van der Waals surface area contributed by atoms with Crippen LogP contribution in [0.25, 0.3) is 5.69 Å². The van der Waals surface area contributed by atoms with Gasteiger partial charge in [0.05, 0.1) is 37.9 Å². The number of methoxy groups -OCH3 is 1. The molecule has 0 fully saturated rings. The third kappa shape index (κ3) is 4.79. The number of aromatic amines is 1. The molecule has 140 valence electrons. The largest absolute Gasteiger partial charge is 0.481 e. The summed E-state index contributed by atoms with van der Waals surface area (Å²) in [6.45, 7) is 1.67. The van der Waals surface area contributed by atoms with Gasteiger partial charge in [-0.05, 0) is 6.92 Å². The summed E-state index contributed by atoms with van der Waals surface area (Å²) in [5, 5.41) is 9.54. The van der Waals surface area contributed by atoms with E-state index in [2.05, 4.69) is 15.3 Å². The van der Waals surface area contributed by atoms with Crippen molar-refractivity contribution in [2.75, 3.05) is 13.7 Å². The Morgan fingerprint density at radius 3 is 2.28 bits per heavy atom. The van der Waals surface area contributed by atoms with Crippen LogP contribution in [-0.4, -0.2) is 46.0 Å². The van der Waals surface area contributed by atoms with E-state index in [9.17, 15) is 26.3 Å². The molecular weight excluding hydrogens is 358 g/mol. The minimum Gasteiger partial charge on any atom is -0.481 e. The minimum atomic E-state index is -4.57. The first-order valence-corrected chi connectivity index (χ1v) is 7.01. The molecule has 2 rings (SSSR count). The highest BCUT2D eigenvalue weighted by Crippen LogP contribution is 2.33. The molecule has 0 bridgehead atoms. The molecule has 25 heavy (non-hydrogen) atoms. The van der Waals surface area contributed by atoms with Crippen molar-refractivity contribution in [2.45, 2.75) is 32.1 Å². The second kappa shape index (κ2) is 6.84. The Balaban J connectivity index is 2.53. The standard InChI is InChI=1S/C13H14F6N4O2/c1-3-25-11-10(8(20-21-11)6-13(17,18)19)23-9(24-2)4-7(22-23)5-12(14,15)16/h4H,3,5-6H2,1-2H3,(H,20,21). The number of nitrogens with one attached hydrogen (secondary N) is 1. The molecule has 0 aliphatic rings. The lowest BCUT2D eigenvalue weighted by molar-refractivity contribution is -0.128. The molecule has 0 atom stereocenters. The fraction of sp³-hybridized carbons (Fsp3) is 0.538. The van der Waals surface area contributed by atoms with Crippen LogP contribution in [0.1, 0.15) is 18.3 Å². The molecular formula is C13H14F6N4O2. The summed E-state index contributed by atoms with van der Waals surface area (Å²) in [6, 6.07) is 0.994. The van der Waals surface area contributed by atoms with Crippen LogP contribution < -0.4 is 9.47 Å². The second-order valence-corrected chi connectivity index (χ2v) is 4.96. The van der Waals surface area contributed by atoms with Gasteiger partial charge in [-0.3, -0.25) is 5.10 Å². The summed E-state index contributed by atoms with van der Waals surface area (Å²) < 4.78 is 86.8.